The summed E-state index contributed by atoms with van der Waals surface area (Å²) in [5.41, 5.74) is 1.01. The Labute approximate surface area is 179 Å². The van der Waals surface area contributed by atoms with E-state index < -0.39 is 39.9 Å². The van der Waals surface area contributed by atoms with Crippen LogP contribution in [-0.4, -0.2) is 25.6 Å². The third-order valence-corrected chi connectivity index (χ3v) is 5.08. The number of hydrogen-bond acceptors (Lipinski definition) is 4. The largest absolute Gasteiger partial charge is 0.348 e. The monoisotopic (exact) mass is 455 g/mol. The van der Waals surface area contributed by atoms with Crippen LogP contribution in [-0.2, 0) is 28.0 Å². The summed E-state index contributed by atoms with van der Waals surface area (Å²) in [7, 11) is -3.85. The Kier molecular flexibility index (Phi) is 8.21. The third-order valence-electron chi connectivity index (χ3n) is 4.50. The number of amides is 1. The van der Waals surface area contributed by atoms with Crippen molar-refractivity contribution in [1.82, 2.24) is 10.3 Å². The molecule has 2 rings (SSSR count). The first-order valence-corrected chi connectivity index (χ1v) is 11.4. The van der Waals surface area contributed by atoms with Gasteiger partial charge < -0.3 is 5.32 Å². The molecule has 1 aromatic heterocycles. The Morgan fingerprint density at radius 3 is 2.42 bits per heavy atom. The van der Waals surface area contributed by atoms with Crippen LogP contribution in [0.1, 0.15) is 48.7 Å². The summed E-state index contributed by atoms with van der Waals surface area (Å²) < 4.78 is 65.1. The predicted octanol–water partition coefficient (Wildman–Crippen LogP) is 4.04. The zero-order chi connectivity index (χ0) is 23.2. The normalized spacial score (nSPS) is 12.7. The first-order valence-electron chi connectivity index (χ1n) is 9.51. The highest BCUT2D eigenvalue weighted by atomic mass is 32.2. The lowest BCUT2D eigenvalue weighted by atomic mass is 9.98. The van der Waals surface area contributed by atoms with Gasteiger partial charge in [0.05, 0.1) is 17.6 Å². The van der Waals surface area contributed by atoms with Gasteiger partial charge in [-0.2, -0.15) is 0 Å². The topological polar surface area (TPSA) is 88.2 Å². The van der Waals surface area contributed by atoms with Crippen LogP contribution in [0.4, 0.5) is 18.9 Å². The van der Waals surface area contributed by atoms with Gasteiger partial charge in [0, 0.05) is 12.6 Å². The number of carbonyl (C=O) groups excluding carboxylic acids is 1. The molecule has 31 heavy (non-hydrogen) atoms. The molecule has 1 aromatic carbocycles. The second-order valence-electron chi connectivity index (χ2n) is 7.08. The van der Waals surface area contributed by atoms with Crippen LogP contribution in [0.25, 0.3) is 6.08 Å². The van der Waals surface area contributed by atoms with Crippen LogP contribution in [0.15, 0.2) is 30.3 Å². The Bertz CT molecular complexity index is 1070. The van der Waals surface area contributed by atoms with Crippen molar-refractivity contribution in [2.24, 2.45) is 0 Å². The molecule has 0 saturated heterocycles. The molecule has 0 aliphatic carbocycles. The van der Waals surface area contributed by atoms with E-state index in [0.29, 0.717) is 17.0 Å². The van der Waals surface area contributed by atoms with E-state index in [0.717, 1.165) is 24.8 Å². The third kappa shape index (κ3) is 7.09. The lowest BCUT2D eigenvalue weighted by molar-refractivity contribution is -0.116. The van der Waals surface area contributed by atoms with Crippen LogP contribution in [0, 0.1) is 11.6 Å². The highest BCUT2D eigenvalue weighted by Gasteiger charge is 2.15. The van der Waals surface area contributed by atoms with E-state index in [4.69, 9.17) is 0 Å². The van der Waals surface area contributed by atoms with Gasteiger partial charge in [0.15, 0.2) is 11.6 Å². The van der Waals surface area contributed by atoms with Crippen molar-refractivity contribution in [1.29, 1.82) is 0 Å². The molecular formula is C21H24F3N3O3S. The van der Waals surface area contributed by atoms with Crippen LogP contribution in [0.2, 0.25) is 0 Å². The SMILES string of the molecule is CCC(C)c1nc(CF)ccc1/C=C/C(=O)NCc1cc(F)c(NS(C)(=O)=O)c(F)c1. The van der Waals surface area contributed by atoms with Gasteiger partial charge in [0.25, 0.3) is 0 Å². The van der Waals surface area contributed by atoms with E-state index in [2.05, 4.69) is 10.3 Å². The molecule has 0 aliphatic heterocycles. The molecule has 0 spiro atoms. The van der Waals surface area contributed by atoms with Crippen LogP contribution >= 0.6 is 0 Å². The number of alkyl halides is 1. The molecule has 1 heterocycles. The molecule has 2 aromatic rings. The van der Waals surface area contributed by atoms with Gasteiger partial charge in [-0.25, -0.2) is 21.6 Å². The summed E-state index contributed by atoms with van der Waals surface area (Å²) in [6.07, 6.45) is 4.37. The fourth-order valence-electron chi connectivity index (χ4n) is 2.76. The van der Waals surface area contributed by atoms with E-state index in [1.807, 2.05) is 13.8 Å². The first kappa shape index (κ1) is 24.4. The number of nitrogens with one attached hydrogen (secondary N) is 2. The van der Waals surface area contributed by atoms with E-state index in [1.165, 1.54) is 6.08 Å². The first-order chi connectivity index (χ1) is 14.5. The maximum absolute atomic E-state index is 14.0. The zero-order valence-electron chi connectivity index (χ0n) is 17.4. The van der Waals surface area contributed by atoms with Crippen molar-refractivity contribution in [3.8, 4) is 0 Å². The Hall–Kier alpha value is -2.88. The molecule has 1 amide bonds. The van der Waals surface area contributed by atoms with E-state index >= 15 is 0 Å². The van der Waals surface area contributed by atoms with Gasteiger partial charge in [-0.05, 0) is 47.7 Å². The molecule has 0 saturated carbocycles. The van der Waals surface area contributed by atoms with Crippen LogP contribution < -0.4 is 10.0 Å². The van der Waals surface area contributed by atoms with Crippen molar-refractivity contribution in [2.75, 3.05) is 11.0 Å². The number of benzene rings is 1. The fraction of sp³-hybridized carbons (Fsp3) is 0.333. The average Bonchev–Trinajstić information content (AvgIpc) is 2.72. The fourth-order valence-corrected chi connectivity index (χ4v) is 3.32. The lowest BCUT2D eigenvalue weighted by Gasteiger charge is -2.12. The highest BCUT2D eigenvalue weighted by molar-refractivity contribution is 7.92. The Balaban J connectivity index is 2.10. The van der Waals surface area contributed by atoms with Gasteiger partial charge in [-0.3, -0.25) is 14.5 Å². The van der Waals surface area contributed by atoms with Crippen molar-refractivity contribution in [3.05, 3.63) is 64.5 Å². The van der Waals surface area contributed by atoms with Crippen LogP contribution in [0.3, 0.4) is 0 Å². The number of carbonyl (C=O) groups is 1. The minimum atomic E-state index is -3.85. The number of aromatic nitrogens is 1. The van der Waals surface area contributed by atoms with E-state index in [9.17, 15) is 26.4 Å². The molecule has 1 unspecified atom stereocenters. The number of nitrogens with zero attached hydrogens (tertiary/aromatic N) is 1. The van der Waals surface area contributed by atoms with Gasteiger partial charge in [-0.1, -0.05) is 19.9 Å². The molecule has 1 atom stereocenters. The summed E-state index contributed by atoms with van der Waals surface area (Å²) in [6.45, 7) is 3.07. The summed E-state index contributed by atoms with van der Waals surface area (Å²) in [5.74, 6) is -2.63. The van der Waals surface area contributed by atoms with E-state index in [1.54, 1.807) is 22.9 Å². The number of anilines is 1. The molecule has 0 fully saturated rings. The number of halogens is 3. The number of sulfonamides is 1. The number of rotatable bonds is 9. The van der Waals surface area contributed by atoms with Crippen molar-refractivity contribution in [2.45, 2.75) is 39.4 Å². The Morgan fingerprint density at radius 1 is 1.23 bits per heavy atom. The maximum Gasteiger partial charge on any atom is 0.244 e. The minimum Gasteiger partial charge on any atom is -0.348 e. The van der Waals surface area contributed by atoms with Crippen LogP contribution in [0.5, 0.6) is 0 Å². The summed E-state index contributed by atoms with van der Waals surface area (Å²) in [5, 5.41) is 2.50. The maximum atomic E-state index is 14.0. The number of hydrogen-bond donors (Lipinski definition) is 2. The predicted molar refractivity (Wildman–Crippen MR) is 113 cm³/mol. The smallest absolute Gasteiger partial charge is 0.244 e. The molecule has 2 N–H and O–H groups in total. The Morgan fingerprint density at radius 2 is 1.87 bits per heavy atom. The second-order valence-corrected chi connectivity index (χ2v) is 8.83. The molecule has 0 radical (unpaired) electrons. The highest BCUT2D eigenvalue weighted by Crippen LogP contribution is 2.23. The molecule has 168 valence electrons. The number of pyridine rings is 1. The van der Waals surface area contributed by atoms with Crippen molar-refractivity contribution >= 4 is 27.7 Å². The minimum absolute atomic E-state index is 0.0687. The molecule has 6 nitrogen and oxygen atoms in total. The van der Waals surface area contributed by atoms with Gasteiger partial charge in [-0.15, -0.1) is 0 Å². The average molecular weight is 456 g/mol. The van der Waals surface area contributed by atoms with E-state index in [-0.39, 0.29) is 18.0 Å². The summed E-state index contributed by atoms with van der Waals surface area (Å²) >= 11 is 0. The molecule has 0 bridgehead atoms. The second kappa shape index (κ2) is 10.4. The van der Waals surface area contributed by atoms with Gasteiger partial charge in [0.2, 0.25) is 15.9 Å². The van der Waals surface area contributed by atoms with Crippen molar-refractivity contribution in [3.63, 3.8) is 0 Å². The molecular weight excluding hydrogens is 431 g/mol. The summed E-state index contributed by atoms with van der Waals surface area (Å²) in [6, 6.07) is 5.09. The molecule has 10 heteroatoms. The standard InChI is InChI=1S/C21H24F3N3O3S/c1-4-13(2)20-15(5-7-16(11-22)26-20)6-8-19(28)25-12-14-9-17(23)21(18(24)10-14)27-31(3,29)30/h5-10,13,27H,4,11-12H2,1-3H3,(H,25,28)/b8-6+. The summed E-state index contributed by atoms with van der Waals surface area (Å²) in [4.78, 5) is 16.4. The quantitative estimate of drug-likeness (QED) is 0.559. The zero-order valence-corrected chi connectivity index (χ0v) is 18.2. The molecule has 0 aliphatic rings. The lowest BCUT2D eigenvalue weighted by Crippen LogP contribution is -2.21. The van der Waals surface area contributed by atoms with Gasteiger partial charge >= 0.3 is 0 Å². The van der Waals surface area contributed by atoms with Crippen molar-refractivity contribution < 1.29 is 26.4 Å². The van der Waals surface area contributed by atoms with Gasteiger partial charge in [0.1, 0.15) is 12.4 Å².